The van der Waals surface area contributed by atoms with Crippen LogP contribution in [0.25, 0.3) is 0 Å². The Morgan fingerprint density at radius 1 is 1.32 bits per heavy atom. The Hall–Kier alpha value is -2.57. The molecule has 1 aliphatic heterocycles. The van der Waals surface area contributed by atoms with Crippen molar-refractivity contribution >= 4 is 23.5 Å². The molecule has 0 unspecified atom stereocenters. The number of fused-ring (bicyclic) bond motifs is 1. The van der Waals surface area contributed by atoms with E-state index >= 15 is 0 Å². The predicted molar refractivity (Wildman–Crippen MR) is 85.7 cm³/mol. The Morgan fingerprint density at radius 3 is 2.96 bits per heavy atom. The number of ether oxygens (including phenoxy) is 3. The van der Waals surface area contributed by atoms with E-state index in [2.05, 4.69) is 5.32 Å². The molecule has 1 aromatic carbocycles. The highest BCUT2D eigenvalue weighted by Gasteiger charge is 2.64. The summed E-state index contributed by atoms with van der Waals surface area (Å²) < 4.78 is 15.6. The summed E-state index contributed by atoms with van der Waals surface area (Å²) in [5.41, 5.74) is 0.558. The van der Waals surface area contributed by atoms with Crippen LogP contribution in [0.2, 0.25) is 0 Å². The standard InChI is InChI=1S/C18H19NO6/c1-23-11-4-2-3-10(7-11)19-14(20)8-24-17(21)15-9-5-12-13(6-9)25-18(22)16(12)15/h2-4,7,9,12-13,15-16H,5-6,8H2,1H3,(H,19,20)/t9-,12-,13+,15-,16-/m0/s1. The maximum Gasteiger partial charge on any atom is 0.310 e. The second-order valence-corrected chi connectivity index (χ2v) is 6.81. The number of rotatable bonds is 5. The monoisotopic (exact) mass is 345 g/mol. The Kier molecular flexibility index (Phi) is 3.86. The fraction of sp³-hybridized carbons (Fsp3) is 0.500. The first-order valence-corrected chi connectivity index (χ1v) is 8.38. The molecule has 4 rings (SSSR count). The summed E-state index contributed by atoms with van der Waals surface area (Å²) in [5, 5.41) is 2.65. The summed E-state index contributed by atoms with van der Waals surface area (Å²) in [6.45, 7) is -0.380. The third kappa shape index (κ3) is 2.73. The minimum atomic E-state index is -0.476. The molecule has 3 fully saturated rings. The van der Waals surface area contributed by atoms with E-state index in [0.717, 1.165) is 12.8 Å². The third-order valence-corrected chi connectivity index (χ3v) is 5.45. The van der Waals surface area contributed by atoms with Gasteiger partial charge in [0.2, 0.25) is 0 Å². The van der Waals surface area contributed by atoms with Gasteiger partial charge in [-0.1, -0.05) is 6.07 Å². The molecule has 25 heavy (non-hydrogen) atoms. The number of esters is 2. The lowest BCUT2D eigenvalue weighted by molar-refractivity contribution is -0.157. The van der Waals surface area contributed by atoms with Crippen molar-refractivity contribution in [2.45, 2.75) is 18.9 Å². The quantitative estimate of drug-likeness (QED) is 0.811. The van der Waals surface area contributed by atoms with Crippen LogP contribution in [0.15, 0.2) is 24.3 Å². The van der Waals surface area contributed by atoms with Gasteiger partial charge in [0.15, 0.2) is 6.61 Å². The van der Waals surface area contributed by atoms with Crippen molar-refractivity contribution in [2.75, 3.05) is 19.0 Å². The first-order valence-electron chi connectivity index (χ1n) is 8.38. The number of hydrogen-bond acceptors (Lipinski definition) is 6. The molecular weight excluding hydrogens is 326 g/mol. The van der Waals surface area contributed by atoms with E-state index in [-0.39, 0.29) is 30.5 Å². The Labute approximate surface area is 144 Å². The van der Waals surface area contributed by atoms with Crippen LogP contribution in [-0.2, 0) is 23.9 Å². The van der Waals surface area contributed by atoms with Crippen LogP contribution in [0.4, 0.5) is 5.69 Å². The van der Waals surface area contributed by atoms with Gasteiger partial charge in [0, 0.05) is 17.7 Å². The molecule has 7 nitrogen and oxygen atoms in total. The molecule has 0 radical (unpaired) electrons. The molecule has 7 heteroatoms. The number of carbonyl (C=O) groups excluding carboxylic acids is 3. The largest absolute Gasteiger partial charge is 0.497 e. The average Bonchev–Trinajstić information content (AvgIpc) is 3.22. The predicted octanol–water partition coefficient (Wildman–Crippen LogP) is 1.37. The maximum atomic E-state index is 12.4. The van der Waals surface area contributed by atoms with Gasteiger partial charge in [0.05, 0.1) is 18.9 Å². The molecule has 1 amide bonds. The van der Waals surface area contributed by atoms with Gasteiger partial charge in [-0.3, -0.25) is 14.4 Å². The van der Waals surface area contributed by atoms with E-state index in [1.54, 1.807) is 24.3 Å². The van der Waals surface area contributed by atoms with Crippen LogP contribution in [0, 0.1) is 23.7 Å². The Morgan fingerprint density at radius 2 is 2.16 bits per heavy atom. The Balaban J connectivity index is 1.33. The van der Waals surface area contributed by atoms with Crippen LogP contribution in [0.5, 0.6) is 5.75 Å². The van der Waals surface area contributed by atoms with Gasteiger partial charge in [0.25, 0.3) is 5.91 Å². The van der Waals surface area contributed by atoms with Gasteiger partial charge in [-0.05, 0) is 30.9 Å². The molecule has 1 N–H and O–H groups in total. The molecule has 2 bridgehead atoms. The van der Waals surface area contributed by atoms with Gasteiger partial charge in [-0.2, -0.15) is 0 Å². The summed E-state index contributed by atoms with van der Waals surface area (Å²) in [7, 11) is 1.54. The molecule has 1 heterocycles. The molecule has 3 aliphatic rings. The van der Waals surface area contributed by atoms with E-state index in [1.165, 1.54) is 7.11 Å². The highest BCUT2D eigenvalue weighted by molar-refractivity contribution is 5.93. The summed E-state index contributed by atoms with van der Waals surface area (Å²) in [6, 6.07) is 6.90. The van der Waals surface area contributed by atoms with Crippen molar-refractivity contribution in [1.82, 2.24) is 0 Å². The number of hydrogen-bond donors (Lipinski definition) is 1. The van der Waals surface area contributed by atoms with Gasteiger partial charge < -0.3 is 19.5 Å². The average molecular weight is 345 g/mol. The number of anilines is 1. The zero-order valence-electron chi connectivity index (χ0n) is 13.8. The zero-order chi connectivity index (χ0) is 17.6. The van der Waals surface area contributed by atoms with Crippen LogP contribution < -0.4 is 10.1 Å². The van der Waals surface area contributed by atoms with Gasteiger partial charge in [-0.15, -0.1) is 0 Å². The highest BCUT2D eigenvalue weighted by atomic mass is 16.6. The van der Waals surface area contributed by atoms with Gasteiger partial charge in [0.1, 0.15) is 11.9 Å². The number of carbonyl (C=O) groups is 3. The van der Waals surface area contributed by atoms with Crippen molar-refractivity contribution in [3.05, 3.63) is 24.3 Å². The van der Waals surface area contributed by atoms with Crippen LogP contribution in [-0.4, -0.2) is 37.7 Å². The lowest BCUT2D eigenvalue weighted by atomic mass is 9.80. The second-order valence-electron chi connectivity index (χ2n) is 6.81. The number of amides is 1. The number of nitrogens with one attached hydrogen (secondary N) is 1. The smallest absolute Gasteiger partial charge is 0.310 e. The first-order chi connectivity index (χ1) is 12.1. The lowest BCUT2D eigenvalue weighted by Crippen LogP contribution is -2.34. The minimum Gasteiger partial charge on any atom is -0.497 e. The maximum absolute atomic E-state index is 12.4. The van der Waals surface area contributed by atoms with Crippen molar-refractivity contribution in [1.29, 1.82) is 0 Å². The van der Waals surface area contributed by atoms with E-state index in [4.69, 9.17) is 14.2 Å². The molecule has 1 aromatic rings. The van der Waals surface area contributed by atoms with Crippen molar-refractivity contribution in [2.24, 2.45) is 23.7 Å². The van der Waals surface area contributed by atoms with Crippen molar-refractivity contribution in [3.63, 3.8) is 0 Å². The zero-order valence-corrected chi connectivity index (χ0v) is 13.8. The SMILES string of the molecule is COc1cccc(NC(=O)COC(=O)[C@H]2[C@H]3C[C@@H]4[C@@H]2C(=O)O[C@@H]4C3)c1. The van der Waals surface area contributed by atoms with Gasteiger partial charge in [-0.25, -0.2) is 0 Å². The molecule has 1 saturated heterocycles. The molecular formula is C18H19NO6. The summed E-state index contributed by atoms with van der Waals surface area (Å²) >= 11 is 0. The number of methoxy groups -OCH3 is 1. The second kappa shape index (κ2) is 6.06. The molecule has 5 atom stereocenters. The summed E-state index contributed by atoms with van der Waals surface area (Å²) in [4.78, 5) is 36.3. The third-order valence-electron chi connectivity index (χ3n) is 5.45. The normalized spacial score (nSPS) is 31.6. The van der Waals surface area contributed by atoms with Crippen molar-refractivity contribution in [3.8, 4) is 5.75 Å². The van der Waals surface area contributed by atoms with E-state index < -0.39 is 23.7 Å². The molecule has 2 aliphatic carbocycles. The molecule has 0 spiro atoms. The summed E-state index contributed by atoms with van der Waals surface area (Å²) in [5.74, 6) is -1.18. The first kappa shape index (κ1) is 15.9. The van der Waals surface area contributed by atoms with Gasteiger partial charge >= 0.3 is 11.9 Å². The lowest BCUT2D eigenvalue weighted by Gasteiger charge is -2.22. The number of benzene rings is 1. The van der Waals surface area contributed by atoms with E-state index in [1.807, 2.05) is 0 Å². The van der Waals surface area contributed by atoms with Crippen molar-refractivity contribution < 1.29 is 28.6 Å². The fourth-order valence-electron chi connectivity index (χ4n) is 4.46. The molecule has 0 aromatic heterocycles. The van der Waals surface area contributed by atoms with E-state index in [9.17, 15) is 14.4 Å². The summed E-state index contributed by atoms with van der Waals surface area (Å²) in [6.07, 6.45) is 1.53. The van der Waals surface area contributed by atoms with E-state index in [0.29, 0.717) is 11.4 Å². The van der Waals surface area contributed by atoms with Crippen LogP contribution in [0.1, 0.15) is 12.8 Å². The topological polar surface area (TPSA) is 90.9 Å². The minimum absolute atomic E-state index is 0.0251. The Bertz CT molecular complexity index is 730. The fourth-order valence-corrected chi connectivity index (χ4v) is 4.46. The highest BCUT2D eigenvalue weighted by Crippen LogP contribution is 2.57. The molecule has 132 valence electrons. The van der Waals surface area contributed by atoms with Crippen LogP contribution in [0.3, 0.4) is 0 Å². The van der Waals surface area contributed by atoms with Crippen LogP contribution >= 0.6 is 0 Å². The molecule has 2 saturated carbocycles.